The van der Waals surface area contributed by atoms with Gasteiger partial charge in [0, 0.05) is 24.9 Å². The van der Waals surface area contributed by atoms with Gasteiger partial charge >= 0.3 is 0 Å². The normalized spacial score (nSPS) is 36.9. The summed E-state index contributed by atoms with van der Waals surface area (Å²) in [5.41, 5.74) is 0.276. The highest BCUT2D eigenvalue weighted by atomic mass is 16.5. The van der Waals surface area contributed by atoms with Crippen LogP contribution in [0.4, 0.5) is 0 Å². The maximum absolute atomic E-state index is 12.9. The van der Waals surface area contributed by atoms with Crippen LogP contribution in [0.25, 0.3) is 0 Å². The zero-order valence-electron chi connectivity index (χ0n) is 13.9. The fraction of sp³-hybridized carbons (Fsp3) is 0.600. The molecule has 126 valence electrons. The van der Waals surface area contributed by atoms with Crippen molar-refractivity contribution in [3.05, 3.63) is 29.8 Å². The minimum absolute atomic E-state index is 0.0925. The van der Waals surface area contributed by atoms with Gasteiger partial charge in [0.05, 0.1) is 12.0 Å². The van der Waals surface area contributed by atoms with E-state index in [-0.39, 0.29) is 17.6 Å². The van der Waals surface area contributed by atoms with Crippen molar-refractivity contribution < 1.29 is 14.3 Å². The lowest BCUT2D eigenvalue weighted by molar-refractivity contribution is -0.135. The number of Topliss-reactive ketones (excluding diaryl/α,β-unsaturated/α-hetero) is 1. The highest BCUT2D eigenvalue weighted by Gasteiger charge is 2.71. The fourth-order valence-corrected chi connectivity index (χ4v) is 5.42. The average molecular weight is 325 g/mol. The summed E-state index contributed by atoms with van der Waals surface area (Å²) >= 11 is 0. The van der Waals surface area contributed by atoms with E-state index in [1.54, 1.807) is 0 Å². The van der Waals surface area contributed by atoms with Gasteiger partial charge in [0.2, 0.25) is 5.91 Å². The van der Waals surface area contributed by atoms with E-state index < -0.39 is 5.60 Å². The highest BCUT2D eigenvalue weighted by molar-refractivity contribution is 6.00. The van der Waals surface area contributed by atoms with E-state index in [0.29, 0.717) is 29.6 Å². The molecule has 4 atom stereocenters. The van der Waals surface area contributed by atoms with E-state index in [1.165, 1.54) is 6.42 Å². The fourth-order valence-electron chi connectivity index (χ4n) is 5.42. The molecule has 0 radical (unpaired) electrons. The molecule has 1 spiro atoms. The number of ether oxygens (including phenoxy) is 1. The molecule has 1 amide bonds. The van der Waals surface area contributed by atoms with Crippen LogP contribution in [0.5, 0.6) is 5.75 Å². The molecule has 4 heteroatoms. The molecule has 0 bridgehead atoms. The Labute approximate surface area is 142 Å². The largest absolute Gasteiger partial charge is 0.486 e. The quantitative estimate of drug-likeness (QED) is 0.797. The van der Waals surface area contributed by atoms with Crippen LogP contribution in [-0.2, 0) is 4.79 Å². The molecule has 1 aromatic carbocycles. The molecule has 3 fully saturated rings. The van der Waals surface area contributed by atoms with Gasteiger partial charge in [-0.1, -0.05) is 12.1 Å². The summed E-state index contributed by atoms with van der Waals surface area (Å²) in [6.07, 6.45) is 5.85. The Kier molecular flexibility index (Phi) is 3.07. The second-order valence-corrected chi connectivity index (χ2v) is 7.90. The Morgan fingerprint density at radius 2 is 1.96 bits per heavy atom. The van der Waals surface area contributed by atoms with Crippen molar-refractivity contribution in [3.8, 4) is 5.75 Å². The third kappa shape index (κ3) is 1.98. The van der Waals surface area contributed by atoms with Crippen LogP contribution in [0.3, 0.4) is 0 Å². The SMILES string of the molecule is O=C1C[C@]2(CC[C@@H]3[C@H](C(=O)N4CCCCC4)[C@@H]32)Oc2ccccc21. The monoisotopic (exact) mass is 325 g/mol. The molecule has 24 heavy (non-hydrogen) atoms. The van der Waals surface area contributed by atoms with Crippen LogP contribution >= 0.6 is 0 Å². The van der Waals surface area contributed by atoms with Gasteiger partial charge < -0.3 is 9.64 Å². The van der Waals surface area contributed by atoms with Crippen molar-refractivity contribution in [1.29, 1.82) is 0 Å². The van der Waals surface area contributed by atoms with Gasteiger partial charge in [-0.2, -0.15) is 0 Å². The third-order valence-electron chi connectivity index (χ3n) is 6.59. The maximum atomic E-state index is 12.9. The zero-order valence-corrected chi connectivity index (χ0v) is 13.9. The third-order valence-corrected chi connectivity index (χ3v) is 6.59. The first-order chi connectivity index (χ1) is 11.7. The summed E-state index contributed by atoms with van der Waals surface area (Å²) in [5.74, 6) is 1.97. The molecule has 1 saturated heterocycles. The Balaban J connectivity index is 1.39. The van der Waals surface area contributed by atoms with E-state index >= 15 is 0 Å². The van der Waals surface area contributed by atoms with Gasteiger partial charge in [-0.15, -0.1) is 0 Å². The second kappa shape index (κ2) is 5.08. The number of amides is 1. The molecule has 2 aliphatic carbocycles. The lowest BCUT2D eigenvalue weighted by atomic mass is 9.84. The van der Waals surface area contributed by atoms with E-state index in [0.717, 1.165) is 38.8 Å². The summed E-state index contributed by atoms with van der Waals surface area (Å²) in [6.45, 7) is 1.81. The van der Waals surface area contributed by atoms with Crippen molar-refractivity contribution >= 4 is 11.7 Å². The number of fused-ring (bicyclic) bond motifs is 3. The first kappa shape index (κ1) is 14.5. The number of hydrogen-bond acceptors (Lipinski definition) is 3. The van der Waals surface area contributed by atoms with Crippen molar-refractivity contribution in [3.63, 3.8) is 0 Å². The first-order valence-electron chi connectivity index (χ1n) is 9.30. The van der Waals surface area contributed by atoms with Crippen molar-refractivity contribution in [2.45, 2.75) is 44.1 Å². The Hall–Kier alpha value is -1.84. The number of rotatable bonds is 1. The average Bonchev–Trinajstić information content (AvgIpc) is 3.26. The molecule has 5 rings (SSSR count). The van der Waals surface area contributed by atoms with Crippen LogP contribution in [0.2, 0.25) is 0 Å². The van der Waals surface area contributed by atoms with Crippen molar-refractivity contribution in [1.82, 2.24) is 4.90 Å². The van der Waals surface area contributed by atoms with Crippen LogP contribution < -0.4 is 4.74 Å². The molecule has 1 aromatic rings. The second-order valence-electron chi connectivity index (χ2n) is 7.90. The molecule has 2 saturated carbocycles. The van der Waals surface area contributed by atoms with Gasteiger partial charge in [-0.3, -0.25) is 9.59 Å². The van der Waals surface area contributed by atoms with E-state index in [2.05, 4.69) is 4.90 Å². The standard InChI is InChI=1S/C20H23NO3/c22-15-12-20(24-16-7-3-2-6-13(15)16)9-8-14-17(18(14)20)19(23)21-10-4-1-5-11-21/h2-3,6-7,14,17-18H,1,4-5,8-12H2/t14-,17+,18-,20+/m1/s1. The van der Waals surface area contributed by atoms with Crippen LogP contribution in [0.1, 0.15) is 48.9 Å². The lowest BCUT2D eigenvalue weighted by Crippen LogP contribution is -2.45. The summed E-state index contributed by atoms with van der Waals surface area (Å²) < 4.78 is 6.38. The number of para-hydroxylation sites is 1. The number of nitrogens with zero attached hydrogens (tertiary/aromatic N) is 1. The van der Waals surface area contributed by atoms with Crippen LogP contribution in [0, 0.1) is 17.8 Å². The minimum atomic E-state index is -0.424. The summed E-state index contributed by atoms with van der Waals surface area (Å²) in [6, 6.07) is 7.54. The van der Waals surface area contributed by atoms with E-state index in [4.69, 9.17) is 4.74 Å². The molecule has 2 heterocycles. The van der Waals surface area contributed by atoms with Crippen molar-refractivity contribution in [2.24, 2.45) is 17.8 Å². The van der Waals surface area contributed by atoms with Gasteiger partial charge in [0.1, 0.15) is 11.4 Å². The zero-order chi connectivity index (χ0) is 16.3. The number of ketones is 1. The number of piperidine rings is 1. The molecule has 0 unspecified atom stereocenters. The van der Waals surface area contributed by atoms with Gasteiger partial charge in [-0.25, -0.2) is 0 Å². The number of carbonyl (C=O) groups is 2. The first-order valence-corrected chi connectivity index (χ1v) is 9.30. The smallest absolute Gasteiger partial charge is 0.226 e. The molecule has 4 nitrogen and oxygen atoms in total. The van der Waals surface area contributed by atoms with E-state index in [1.807, 2.05) is 24.3 Å². The summed E-state index contributed by atoms with van der Waals surface area (Å²) in [7, 11) is 0. The maximum Gasteiger partial charge on any atom is 0.226 e. The van der Waals surface area contributed by atoms with Crippen molar-refractivity contribution in [2.75, 3.05) is 13.1 Å². The lowest BCUT2D eigenvalue weighted by Gasteiger charge is -2.37. The molecule has 0 aromatic heterocycles. The number of hydrogen-bond donors (Lipinski definition) is 0. The van der Waals surface area contributed by atoms with Crippen LogP contribution in [0.15, 0.2) is 24.3 Å². The molecule has 4 aliphatic rings. The Morgan fingerprint density at radius 1 is 1.17 bits per heavy atom. The summed E-state index contributed by atoms with van der Waals surface area (Å²) in [5, 5.41) is 0. The number of carbonyl (C=O) groups excluding carboxylic acids is 2. The predicted octanol–water partition coefficient (Wildman–Crippen LogP) is 3.06. The Bertz CT molecular complexity index is 709. The van der Waals surface area contributed by atoms with Gasteiger partial charge in [0.15, 0.2) is 5.78 Å². The summed E-state index contributed by atoms with van der Waals surface area (Å²) in [4.78, 5) is 27.6. The highest BCUT2D eigenvalue weighted by Crippen LogP contribution is 2.66. The predicted molar refractivity (Wildman–Crippen MR) is 88.9 cm³/mol. The molecular formula is C20H23NO3. The van der Waals surface area contributed by atoms with Gasteiger partial charge in [-0.05, 0) is 50.2 Å². The van der Waals surface area contributed by atoms with E-state index in [9.17, 15) is 9.59 Å². The van der Waals surface area contributed by atoms with Crippen LogP contribution in [-0.4, -0.2) is 35.3 Å². The molecular weight excluding hydrogens is 302 g/mol. The minimum Gasteiger partial charge on any atom is -0.486 e. The molecule has 2 aliphatic heterocycles. The number of benzene rings is 1. The van der Waals surface area contributed by atoms with Gasteiger partial charge in [0.25, 0.3) is 0 Å². The topological polar surface area (TPSA) is 46.6 Å². The number of likely N-dealkylation sites (tertiary alicyclic amines) is 1. The Morgan fingerprint density at radius 3 is 2.79 bits per heavy atom. The molecule has 0 N–H and O–H groups in total.